The Morgan fingerprint density at radius 3 is 2.59 bits per heavy atom. The van der Waals surface area contributed by atoms with Crippen LogP contribution in [0.5, 0.6) is 11.5 Å². The van der Waals surface area contributed by atoms with Crippen molar-refractivity contribution in [2.45, 2.75) is 0 Å². The number of hydrogen-bond acceptors (Lipinski definition) is 7. The van der Waals surface area contributed by atoms with E-state index in [4.69, 9.17) is 18.6 Å². The van der Waals surface area contributed by atoms with Crippen molar-refractivity contribution in [1.82, 2.24) is 4.98 Å². The van der Waals surface area contributed by atoms with Crippen molar-refractivity contribution in [3.63, 3.8) is 0 Å². The van der Waals surface area contributed by atoms with Crippen LogP contribution in [0.1, 0.15) is 10.4 Å². The Labute approximate surface area is 182 Å². The highest BCUT2D eigenvalue weighted by Crippen LogP contribution is 2.32. The number of para-hydroxylation sites is 2. The number of aromatic nitrogens is 1. The maximum absolute atomic E-state index is 12.7. The number of nitrogens with zero attached hydrogens (tertiary/aromatic N) is 1. The number of amides is 1. The van der Waals surface area contributed by atoms with E-state index in [1.54, 1.807) is 48.5 Å². The minimum Gasteiger partial charge on any atom is -0.486 e. The van der Waals surface area contributed by atoms with Crippen molar-refractivity contribution in [2.24, 2.45) is 0 Å². The lowest BCUT2D eigenvalue weighted by Crippen LogP contribution is -2.21. The average molecular weight is 430 g/mol. The van der Waals surface area contributed by atoms with E-state index in [0.717, 1.165) is 0 Å². The molecule has 0 saturated carbocycles. The van der Waals surface area contributed by atoms with Crippen LogP contribution in [0.4, 0.5) is 5.69 Å². The van der Waals surface area contributed by atoms with Gasteiger partial charge in [0.15, 0.2) is 23.7 Å². The number of rotatable bonds is 5. The van der Waals surface area contributed by atoms with E-state index in [9.17, 15) is 9.59 Å². The first-order chi connectivity index (χ1) is 15.7. The summed E-state index contributed by atoms with van der Waals surface area (Å²) in [6.45, 7) is 0.483. The number of esters is 1. The normalized spacial score (nSPS) is 12.4. The molecular weight excluding hydrogens is 412 g/mol. The van der Waals surface area contributed by atoms with E-state index < -0.39 is 18.5 Å². The molecular formula is C24H18N2O6. The number of oxazole rings is 1. The highest BCUT2D eigenvalue weighted by molar-refractivity contribution is 5.99. The SMILES string of the molecule is O=C(COC(=O)c1ccccc1-c1nc2ccccc2o1)Nc1ccc2c(c1)OCCO2. The zero-order valence-corrected chi connectivity index (χ0v) is 16.9. The molecule has 1 aliphatic rings. The Balaban J connectivity index is 1.27. The summed E-state index contributed by atoms with van der Waals surface area (Å²) in [6.07, 6.45) is 0. The summed E-state index contributed by atoms with van der Waals surface area (Å²) >= 11 is 0. The zero-order valence-electron chi connectivity index (χ0n) is 16.9. The molecule has 160 valence electrons. The fourth-order valence-electron chi connectivity index (χ4n) is 3.36. The molecule has 0 radical (unpaired) electrons. The van der Waals surface area contributed by atoms with E-state index in [1.807, 2.05) is 18.2 Å². The molecule has 0 spiro atoms. The first-order valence-electron chi connectivity index (χ1n) is 9.99. The van der Waals surface area contributed by atoms with Gasteiger partial charge in [0.05, 0.1) is 11.1 Å². The van der Waals surface area contributed by atoms with Crippen molar-refractivity contribution in [2.75, 3.05) is 25.1 Å². The summed E-state index contributed by atoms with van der Waals surface area (Å²) in [4.78, 5) is 29.4. The molecule has 1 N–H and O–H groups in total. The number of fused-ring (bicyclic) bond motifs is 2. The van der Waals surface area contributed by atoms with Gasteiger partial charge < -0.3 is 23.9 Å². The van der Waals surface area contributed by atoms with Gasteiger partial charge >= 0.3 is 5.97 Å². The molecule has 1 aliphatic heterocycles. The number of carbonyl (C=O) groups excluding carboxylic acids is 2. The molecule has 1 amide bonds. The topological polar surface area (TPSA) is 99.9 Å². The number of nitrogens with one attached hydrogen (secondary N) is 1. The fourth-order valence-corrected chi connectivity index (χ4v) is 3.36. The zero-order chi connectivity index (χ0) is 21.9. The predicted molar refractivity (Wildman–Crippen MR) is 116 cm³/mol. The van der Waals surface area contributed by atoms with Gasteiger partial charge in [-0.05, 0) is 36.4 Å². The minimum atomic E-state index is -0.653. The van der Waals surface area contributed by atoms with Crippen LogP contribution in [0.2, 0.25) is 0 Å². The molecule has 5 rings (SSSR count). The van der Waals surface area contributed by atoms with E-state index in [2.05, 4.69) is 10.3 Å². The molecule has 0 saturated heterocycles. The van der Waals surface area contributed by atoms with E-state index in [-0.39, 0.29) is 5.56 Å². The lowest BCUT2D eigenvalue weighted by molar-refractivity contribution is -0.119. The van der Waals surface area contributed by atoms with Gasteiger partial charge in [-0.2, -0.15) is 0 Å². The third-order valence-electron chi connectivity index (χ3n) is 4.83. The van der Waals surface area contributed by atoms with Crippen LogP contribution in [-0.2, 0) is 9.53 Å². The average Bonchev–Trinajstić information content (AvgIpc) is 3.27. The van der Waals surface area contributed by atoms with Gasteiger partial charge in [-0.3, -0.25) is 4.79 Å². The second-order valence-electron chi connectivity index (χ2n) is 7.02. The Kier molecular flexibility index (Phi) is 5.17. The standard InChI is InChI=1S/C24H18N2O6/c27-22(25-15-9-10-20-21(13-15)30-12-11-29-20)14-31-24(28)17-6-2-1-5-16(17)23-26-18-7-3-4-8-19(18)32-23/h1-10,13H,11-12,14H2,(H,25,27). The number of hydrogen-bond donors (Lipinski definition) is 1. The van der Waals surface area contributed by atoms with Gasteiger partial charge in [-0.25, -0.2) is 9.78 Å². The Morgan fingerprint density at radius 1 is 0.938 bits per heavy atom. The van der Waals surface area contributed by atoms with Gasteiger partial charge in [-0.15, -0.1) is 0 Å². The number of benzene rings is 3. The number of ether oxygens (including phenoxy) is 3. The van der Waals surface area contributed by atoms with Gasteiger partial charge in [0, 0.05) is 11.8 Å². The molecule has 0 fully saturated rings. The highest BCUT2D eigenvalue weighted by Gasteiger charge is 2.19. The van der Waals surface area contributed by atoms with Crippen LogP contribution < -0.4 is 14.8 Å². The molecule has 8 heteroatoms. The molecule has 3 aromatic carbocycles. The Bertz CT molecular complexity index is 1280. The van der Waals surface area contributed by atoms with Gasteiger partial charge in [-0.1, -0.05) is 24.3 Å². The fraction of sp³-hybridized carbons (Fsp3) is 0.125. The predicted octanol–water partition coefficient (Wildman–Crippen LogP) is 4.06. The Morgan fingerprint density at radius 2 is 1.72 bits per heavy atom. The second kappa shape index (κ2) is 8.43. The van der Waals surface area contributed by atoms with E-state index in [0.29, 0.717) is 53.0 Å². The van der Waals surface area contributed by atoms with Crippen LogP contribution in [0.15, 0.2) is 71.1 Å². The molecule has 0 unspecified atom stereocenters. The van der Waals surface area contributed by atoms with Crippen LogP contribution >= 0.6 is 0 Å². The molecule has 32 heavy (non-hydrogen) atoms. The van der Waals surface area contributed by atoms with E-state index in [1.165, 1.54) is 0 Å². The number of carbonyl (C=O) groups is 2. The summed E-state index contributed by atoms with van der Waals surface area (Å²) in [6, 6.07) is 19.2. The molecule has 1 aromatic heterocycles. The monoisotopic (exact) mass is 430 g/mol. The smallest absolute Gasteiger partial charge is 0.339 e. The summed E-state index contributed by atoms with van der Waals surface area (Å²) < 4.78 is 22.0. The first-order valence-corrected chi connectivity index (χ1v) is 9.99. The highest BCUT2D eigenvalue weighted by atomic mass is 16.6. The van der Waals surface area contributed by atoms with Crippen LogP contribution in [-0.4, -0.2) is 36.7 Å². The van der Waals surface area contributed by atoms with Gasteiger partial charge in [0.25, 0.3) is 5.91 Å². The maximum Gasteiger partial charge on any atom is 0.339 e. The van der Waals surface area contributed by atoms with Crippen LogP contribution in [0.3, 0.4) is 0 Å². The van der Waals surface area contributed by atoms with Crippen molar-refractivity contribution in [1.29, 1.82) is 0 Å². The van der Waals surface area contributed by atoms with Crippen molar-refractivity contribution in [3.8, 4) is 23.0 Å². The van der Waals surface area contributed by atoms with Crippen molar-refractivity contribution in [3.05, 3.63) is 72.3 Å². The summed E-state index contributed by atoms with van der Waals surface area (Å²) in [7, 11) is 0. The minimum absolute atomic E-state index is 0.256. The molecule has 2 heterocycles. The Hall–Kier alpha value is -4.33. The van der Waals surface area contributed by atoms with Gasteiger partial charge in [0.2, 0.25) is 5.89 Å². The molecule has 8 nitrogen and oxygen atoms in total. The summed E-state index contributed by atoms with van der Waals surface area (Å²) in [5.74, 6) is 0.351. The van der Waals surface area contributed by atoms with E-state index >= 15 is 0 Å². The van der Waals surface area contributed by atoms with Crippen LogP contribution in [0.25, 0.3) is 22.6 Å². The lowest BCUT2D eigenvalue weighted by atomic mass is 10.1. The largest absolute Gasteiger partial charge is 0.486 e. The van der Waals surface area contributed by atoms with Crippen LogP contribution in [0, 0.1) is 0 Å². The summed E-state index contributed by atoms with van der Waals surface area (Å²) in [5, 5.41) is 2.68. The van der Waals surface area contributed by atoms with Crippen molar-refractivity contribution < 1.29 is 28.2 Å². The number of anilines is 1. The second-order valence-corrected chi connectivity index (χ2v) is 7.02. The molecule has 0 aliphatic carbocycles. The molecule has 0 atom stereocenters. The quantitative estimate of drug-likeness (QED) is 0.477. The van der Waals surface area contributed by atoms with Gasteiger partial charge in [0.1, 0.15) is 18.7 Å². The third-order valence-corrected chi connectivity index (χ3v) is 4.83. The summed E-state index contributed by atoms with van der Waals surface area (Å²) in [5.41, 5.74) is 2.56. The third kappa shape index (κ3) is 3.98. The maximum atomic E-state index is 12.7. The lowest BCUT2D eigenvalue weighted by Gasteiger charge is -2.19. The first kappa shape index (κ1) is 19.6. The van der Waals surface area contributed by atoms with Crippen molar-refractivity contribution >= 4 is 28.7 Å². The molecule has 4 aromatic rings. The molecule has 0 bridgehead atoms.